The molecule has 0 radical (unpaired) electrons. The number of alkyl halides is 3. The Bertz CT molecular complexity index is 496. The van der Waals surface area contributed by atoms with Crippen LogP contribution in [0.5, 0.6) is 0 Å². The van der Waals surface area contributed by atoms with Gasteiger partial charge in [0.2, 0.25) is 6.23 Å². The quantitative estimate of drug-likeness (QED) is 0.410. The number of hydrogen-bond donors (Lipinski definition) is 1. The summed E-state index contributed by atoms with van der Waals surface area (Å²) in [6, 6.07) is 5.08. The van der Waals surface area contributed by atoms with Crippen LogP contribution < -0.4 is 5.32 Å². The minimum atomic E-state index is -1.03. The van der Waals surface area contributed by atoms with E-state index in [0.29, 0.717) is 0 Å². The second-order valence-corrected chi connectivity index (χ2v) is 10.6. The lowest BCUT2D eigenvalue weighted by atomic mass is 10.3. The van der Waals surface area contributed by atoms with Crippen molar-refractivity contribution in [2.75, 3.05) is 12.4 Å². The van der Waals surface area contributed by atoms with E-state index in [2.05, 4.69) is 53.1 Å². The molecule has 0 saturated carbocycles. The molecule has 0 aromatic heterocycles. The normalized spacial score (nSPS) is 12.4. The SMILES string of the molecule is CN(C(=O)Nc1ccccc1F)C(OC=O)C(Br)(Br)Br. The van der Waals surface area contributed by atoms with Crippen molar-refractivity contribution in [3.63, 3.8) is 0 Å². The van der Waals surface area contributed by atoms with Crippen molar-refractivity contribution in [3.8, 4) is 0 Å². The Labute approximate surface area is 140 Å². The van der Waals surface area contributed by atoms with E-state index in [4.69, 9.17) is 4.74 Å². The lowest BCUT2D eigenvalue weighted by molar-refractivity contribution is -0.138. The van der Waals surface area contributed by atoms with Gasteiger partial charge in [0.1, 0.15) is 5.82 Å². The summed E-state index contributed by atoms with van der Waals surface area (Å²) >= 11 is 9.51. The highest BCUT2D eigenvalue weighted by Gasteiger charge is 2.38. The van der Waals surface area contributed by atoms with Crippen molar-refractivity contribution in [1.82, 2.24) is 4.90 Å². The van der Waals surface area contributed by atoms with Crippen LogP contribution in [0.25, 0.3) is 0 Å². The zero-order valence-electron chi connectivity index (χ0n) is 10.1. The van der Waals surface area contributed by atoms with Crippen LogP contribution in [0.1, 0.15) is 0 Å². The van der Waals surface area contributed by atoms with Crippen LogP contribution in [0.15, 0.2) is 24.3 Å². The summed E-state index contributed by atoms with van der Waals surface area (Å²) < 4.78 is 17.2. The van der Waals surface area contributed by atoms with Gasteiger partial charge in [-0.1, -0.05) is 59.9 Å². The standard InChI is InChI=1S/C11H10Br3FN2O3/c1-17(9(20-6-18)11(12,13)14)10(19)16-8-5-3-2-4-7(8)15/h2-6,9H,1H3,(H,16,19). The molecule has 1 aromatic rings. The van der Waals surface area contributed by atoms with Gasteiger partial charge in [-0.3, -0.25) is 9.69 Å². The van der Waals surface area contributed by atoms with Gasteiger partial charge >= 0.3 is 6.03 Å². The average Bonchev–Trinajstić information content (AvgIpc) is 2.36. The maximum Gasteiger partial charge on any atom is 0.324 e. The molecule has 2 amide bonds. The van der Waals surface area contributed by atoms with E-state index in [1.807, 2.05) is 0 Å². The van der Waals surface area contributed by atoms with E-state index < -0.39 is 20.2 Å². The summed E-state index contributed by atoms with van der Waals surface area (Å²) in [6.45, 7) is 0.204. The van der Waals surface area contributed by atoms with Gasteiger partial charge in [0.15, 0.2) is 2.14 Å². The molecule has 20 heavy (non-hydrogen) atoms. The first kappa shape index (κ1) is 17.4. The van der Waals surface area contributed by atoms with Crippen LogP contribution in [-0.4, -0.2) is 32.8 Å². The zero-order chi connectivity index (χ0) is 15.3. The molecule has 9 heteroatoms. The van der Waals surface area contributed by atoms with Gasteiger partial charge in [-0.15, -0.1) is 0 Å². The number of nitrogens with one attached hydrogen (secondary N) is 1. The summed E-state index contributed by atoms with van der Waals surface area (Å²) in [6.07, 6.45) is -1.01. The Hall–Kier alpha value is -0.670. The molecule has 0 aliphatic rings. The number of anilines is 1. The van der Waals surface area contributed by atoms with Gasteiger partial charge in [-0.05, 0) is 12.1 Å². The molecule has 110 valence electrons. The Morgan fingerprint density at radius 1 is 1.45 bits per heavy atom. The number of benzene rings is 1. The average molecular weight is 477 g/mol. The van der Waals surface area contributed by atoms with Crippen LogP contribution in [0.2, 0.25) is 0 Å². The van der Waals surface area contributed by atoms with E-state index in [0.717, 1.165) is 4.90 Å². The van der Waals surface area contributed by atoms with E-state index in [1.165, 1.54) is 25.2 Å². The number of carbonyl (C=O) groups excluding carboxylic acids is 2. The molecule has 0 spiro atoms. The third kappa shape index (κ3) is 4.71. The number of rotatable bonds is 4. The highest BCUT2D eigenvalue weighted by atomic mass is 80.0. The number of halogens is 4. The lowest BCUT2D eigenvalue weighted by Crippen LogP contribution is -2.47. The Morgan fingerprint density at radius 3 is 2.55 bits per heavy atom. The van der Waals surface area contributed by atoms with E-state index in [1.54, 1.807) is 6.07 Å². The minimum Gasteiger partial charge on any atom is -0.440 e. The third-order valence-electron chi connectivity index (χ3n) is 2.25. The summed E-state index contributed by atoms with van der Waals surface area (Å²) in [5.41, 5.74) is 0.0264. The molecule has 1 N–H and O–H groups in total. The van der Waals surface area contributed by atoms with Crippen molar-refractivity contribution in [3.05, 3.63) is 30.1 Å². The largest absolute Gasteiger partial charge is 0.440 e. The first-order valence-electron chi connectivity index (χ1n) is 5.21. The smallest absolute Gasteiger partial charge is 0.324 e. The summed E-state index contributed by atoms with van der Waals surface area (Å²) in [5, 5.41) is 2.37. The Kier molecular flexibility index (Phi) is 6.41. The molecule has 1 unspecified atom stereocenters. The number of urea groups is 1. The third-order valence-corrected chi connectivity index (χ3v) is 3.43. The lowest BCUT2D eigenvalue weighted by Gasteiger charge is -2.32. The molecule has 5 nitrogen and oxygen atoms in total. The number of ether oxygens (including phenoxy) is 1. The minimum absolute atomic E-state index is 0.0264. The van der Waals surface area contributed by atoms with Crippen LogP contribution in [-0.2, 0) is 9.53 Å². The molecule has 1 rings (SSSR count). The number of hydrogen-bond acceptors (Lipinski definition) is 3. The summed E-state index contributed by atoms with van der Waals surface area (Å²) in [4.78, 5) is 23.6. The molecule has 0 bridgehead atoms. The molecular formula is C11H10Br3FN2O3. The predicted molar refractivity (Wildman–Crippen MR) is 83.6 cm³/mol. The fourth-order valence-corrected chi connectivity index (χ4v) is 2.56. The molecule has 0 aliphatic carbocycles. The maximum atomic E-state index is 13.4. The predicted octanol–water partition coefficient (Wildman–Crippen LogP) is 3.63. The molecular weight excluding hydrogens is 467 g/mol. The first-order chi connectivity index (χ1) is 9.27. The van der Waals surface area contributed by atoms with Gasteiger partial charge in [0.05, 0.1) is 5.69 Å². The van der Waals surface area contributed by atoms with E-state index in [-0.39, 0.29) is 12.2 Å². The zero-order valence-corrected chi connectivity index (χ0v) is 14.9. The van der Waals surface area contributed by atoms with Crippen molar-refractivity contribution >= 4 is 66.0 Å². The monoisotopic (exact) mass is 474 g/mol. The van der Waals surface area contributed by atoms with Gasteiger partial charge in [-0.25, -0.2) is 9.18 Å². The molecule has 0 heterocycles. The van der Waals surface area contributed by atoms with Crippen LogP contribution in [0.4, 0.5) is 14.9 Å². The van der Waals surface area contributed by atoms with Crippen molar-refractivity contribution in [1.29, 1.82) is 0 Å². The highest BCUT2D eigenvalue weighted by Crippen LogP contribution is 2.39. The van der Waals surface area contributed by atoms with Gasteiger partial charge < -0.3 is 10.1 Å². The molecule has 0 aliphatic heterocycles. The molecule has 0 fully saturated rings. The Morgan fingerprint density at radius 2 is 2.05 bits per heavy atom. The molecule has 1 atom stereocenters. The van der Waals surface area contributed by atoms with Crippen molar-refractivity contribution < 1.29 is 18.7 Å². The number of nitrogens with zero attached hydrogens (tertiary/aromatic N) is 1. The second kappa shape index (κ2) is 7.37. The van der Waals surface area contributed by atoms with Crippen LogP contribution >= 0.6 is 47.8 Å². The van der Waals surface area contributed by atoms with Gasteiger partial charge in [-0.2, -0.15) is 0 Å². The van der Waals surface area contributed by atoms with E-state index in [9.17, 15) is 14.0 Å². The second-order valence-electron chi connectivity index (χ2n) is 3.65. The van der Waals surface area contributed by atoms with E-state index >= 15 is 0 Å². The summed E-state index contributed by atoms with van der Waals surface area (Å²) in [7, 11) is 1.39. The van der Waals surface area contributed by atoms with Crippen LogP contribution in [0, 0.1) is 5.82 Å². The van der Waals surface area contributed by atoms with Crippen LogP contribution in [0.3, 0.4) is 0 Å². The van der Waals surface area contributed by atoms with Crippen molar-refractivity contribution in [2.45, 2.75) is 8.37 Å². The highest BCUT2D eigenvalue weighted by molar-refractivity contribution is 9.39. The topological polar surface area (TPSA) is 58.6 Å². The molecule has 0 saturated heterocycles. The Balaban J connectivity index is 2.85. The maximum absolute atomic E-state index is 13.4. The first-order valence-corrected chi connectivity index (χ1v) is 7.59. The number of carbonyl (C=O) groups is 2. The van der Waals surface area contributed by atoms with Gasteiger partial charge in [0, 0.05) is 7.05 Å². The fourth-order valence-electron chi connectivity index (χ4n) is 1.31. The number of para-hydroxylation sites is 1. The fraction of sp³-hybridized carbons (Fsp3) is 0.273. The number of amides is 2. The van der Waals surface area contributed by atoms with Crippen molar-refractivity contribution in [2.24, 2.45) is 0 Å². The van der Waals surface area contributed by atoms with Gasteiger partial charge in [0.25, 0.3) is 6.47 Å². The molecule has 1 aromatic carbocycles. The summed E-state index contributed by atoms with van der Waals surface area (Å²) in [5.74, 6) is -0.565.